The Kier molecular flexibility index (Phi) is 7.05. The molecule has 1 aliphatic rings. The van der Waals surface area contributed by atoms with E-state index in [9.17, 15) is 8.42 Å². The van der Waals surface area contributed by atoms with Crippen molar-refractivity contribution in [2.45, 2.75) is 38.8 Å². The highest BCUT2D eigenvalue weighted by Gasteiger charge is 2.29. The van der Waals surface area contributed by atoms with Gasteiger partial charge in [-0.3, -0.25) is 4.90 Å². The predicted octanol–water partition coefficient (Wildman–Crippen LogP) is 3.55. The molecule has 0 radical (unpaired) electrons. The van der Waals surface area contributed by atoms with Crippen LogP contribution in [0.4, 0.5) is 0 Å². The van der Waals surface area contributed by atoms with Crippen molar-refractivity contribution in [3.8, 4) is 0 Å². The van der Waals surface area contributed by atoms with Gasteiger partial charge in [0.15, 0.2) is 0 Å². The quantitative estimate of drug-likeness (QED) is 0.697. The largest absolute Gasteiger partial charge is 0.296 e. The first-order valence-electron chi connectivity index (χ1n) is 9.88. The number of hydrogen-bond donors (Lipinski definition) is 0. The van der Waals surface area contributed by atoms with Crippen LogP contribution in [0.1, 0.15) is 30.9 Å². The van der Waals surface area contributed by atoms with E-state index in [2.05, 4.69) is 59.5 Å². The number of hydrogen-bond acceptors (Lipinski definition) is 3. The van der Waals surface area contributed by atoms with Crippen LogP contribution < -0.4 is 0 Å². The van der Waals surface area contributed by atoms with Gasteiger partial charge in [-0.05, 0) is 37.3 Å². The van der Waals surface area contributed by atoms with Crippen LogP contribution in [0.5, 0.6) is 0 Å². The summed E-state index contributed by atoms with van der Waals surface area (Å²) in [5.41, 5.74) is 2.66. The molecule has 2 aromatic carbocycles. The summed E-state index contributed by atoms with van der Waals surface area (Å²) in [7, 11) is -3.07. The topological polar surface area (TPSA) is 40.6 Å². The number of piperidine rings is 1. The summed E-state index contributed by atoms with van der Waals surface area (Å²) in [4.78, 5) is 2.54. The lowest BCUT2D eigenvalue weighted by molar-refractivity contribution is 0.133. The molecule has 146 valence electrons. The van der Waals surface area contributed by atoms with E-state index in [1.165, 1.54) is 11.1 Å². The molecule has 0 atom stereocenters. The van der Waals surface area contributed by atoms with Crippen LogP contribution in [-0.2, 0) is 23.0 Å². The van der Waals surface area contributed by atoms with Crippen molar-refractivity contribution in [3.05, 3.63) is 71.8 Å². The molecule has 1 heterocycles. The van der Waals surface area contributed by atoms with Gasteiger partial charge in [0.25, 0.3) is 0 Å². The van der Waals surface area contributed by atoms with Crippen molar-refractivity contribution in [3.63, 3.8) is 0 Å². The standard InChI is InChI=1S/C22H30N2O2S/c1-2-27(25,26)24-17-14-22(15-18-24)23(19-21-11-7-4-8-12-21)16-13-20-9-5-3-6-10-20/h3-12,22H,2,13-19H2,1H3. The van der Waals surface area contributed by atoms with Gasteiger partial charge in [-0.1, -0.05) is 60.7 Å². The lowest BCUT2D eigenvalue weighted by Crippen LogP contribution is -2.47. The minimum absolute atomic E-state index is 0.194. The molecule has 5 heteroatoms. The maximum absolute atomic E-state index is 12.1. The minimum atomic E-state index is -3.07. The molecule has 0 spiro atoms. The van der Waals surface area contributed by atoms with E-state index < -0.39 is 10.0 Å². The van der Waals surface area contributed by atoms with Crippen LogP contribution in [0.15, 0.2) is 60.7 Å². The third-order valence-corrected chi connectivity index (χ3v) is 7.34. The summed E-state index contributed by atoms with van der Waals surface area (Å²) >= 11 is 0. The number of rotatable bonds is 8. The molecule has 0 amide bonds. The third kappa shape index (κ3) is 5.64. The maximum atomic E-state index is 12.1. The van der Waals surface area contributed by atoms with Crippen molar-refractivity contribution in [1.29, 1.82) is 0 Å². The van der Waals surface area contributed by atoms with Crippen LogP contribution in [-0.4, -0.2) is 49.1 Å². The van der Waals surface area contributed by atoms with E-state index in [1.807, 2.05) is 6.07 Å². The average molecular weight is 387 g/mol. The van der Waals surface area contributed by atoms with Crippen molar-refractivity contribution < 1.29 is 8.42 Å². The van der Waals surface area contributed by atoms with Gasteiger partial charge < -0.3 is 0 Å². The van der Waals surface area contributed by atoms with Crippen LogP contribution in [0.25, 0.3) is 0 Å². The molecule has 0 unspecified atom stereocenters. The Morgan fingerprint density at radius 3 is 2.04 bits per heavy atom. The third-order valence-electron chi connectivity index (χ3n) is 5.46. The predicted molar refractivity (Wildman–Crippen MR) is 111 cm³/mol. The molecule has 1 saturated heterocycles. The molecule has 27 heavy (non-hydrogen) atoms. The summed E-state index contributed by atoms with van der Waals surface area (Å²) in [6, 6.07) is 21.6. The number of sulfonamides is 1. The van der Waals surface area contributed by atoms with Gasteiger partial charge >= 0.3 is 0 Å². The molecule has 1 aliphatic heterocycles. The van der Waals surface area contributed by atoms with Crippen molar-refractivity contribution in [1.82, 2.24) is 9.21 Å². The molecule has 1 fully saturated rings. The fraction of sp³-hybridized carbons (Fsp3) is 0.455. The second-order valence-electron chi connectivity index (χ2n) is 7.22. The van der Waals surface area contributed by atoms with E-state index in [0.717, 1.165) is 32.4 Å². The zero-order valence-corrected chi connectivity index (χ0v) is 16.9. The summed E-state index contributed by atoms with van der Waals surface area (Å²) in [5, 5.41) is 0. The Bertz CT molecular complexity index is 786. The molecular weight excluding hydrogens is 356 g/mol. The van der Waals surface area contributed by atoms with Gasteiger partial charge in [-0.2, -0.15) is 0 Å². The SMILES string of the molecule is CCS(=O)(=O)N1CCC(N(CCc2ccccc2)Cc2ccccc2)CC1. The Balaban J connectivity index is 1.66. The van der Waals surface area contributed by atoms with E-state index in [4.69, 9.17) is 0 Å². The highest BCUT2D eigenvalue weighted by atomic mass is 32.2. The van der Waals surface area contributed by atoms with Gasteiger partial charge in [-0.25, -0.2) is 12.7 Å². The van der Waals surface area contributed by atoms with Crippen LogP contribution in [0, 0.1) is 0 Å². The van der Waals surface area contributed by atoms with Gasteiger partial charge in [-0.15, -0.1) is 0 Å². The van der Waals surface area contributed by atoms with Crippen LogP contribution in [0.2, 0.25) is 0 Å². The maximum Gasteiger partial charge on any atom is 0.213 e. The normalized spacial score (nSPS) is 16.7. The fourth-order valence-corrected chi connectivity index (χ4v) is 4.93. The molecule has 3 rings (SSSR count). The van der Waals surface area contributed by atoms with E-state index in [-0.39, 0.29) is 5.75 Å². The van der Waals surface area contributed by atoms with Crippen molar-refractivity contribution in [2.75, 3.05) is 25.4 Å². The monoisotopic (exact) mass is 386 g/mol. The summed E-state index contributed by atoms with van der Waals surface area (Å²) in [6.45, 7) is 4.90. The van der Waals surface area contributed by atoms with Gasteiger partial charge in [0.05, 0.1) is 5.75 Å². The Morgan fingerprint density at radius 1 is 0.926 bits per heavy atom. The molecule has 0 N–H and O–H groups in total. The van der Waals surface area contributed by atoms with Crippen LogP contribution in [0.3, 0.4) is 0 Å². The summed E-state index contributed by atoms with van der Waals surface area (Å²) in [5.74, 6) is 0.194. The second-order valence-corrected chi connectivity index (χ2v) is 9.48. The van der Waals surface area contributed by atoms with Gasteiger partial charge in [0.1, 0.15) is 0 Å². The zero-order chi connectivity index (χ0) is 19.1. The lowest BCUT2D eigenvalue weighted by atomic mass is 10.0. The van der Waals surface area contributed by atoms with Gasteiger partial charge in [0.2, 0.25) is 10.0 Å². The van der Waals surface area contributed by atoms with E-state index in [1.54, 1.807) is 11.2 Å². The molecule has 0 saturated carbocycles. The lowest BCUT2D eigenvalue weighted by Gasteiger charge is -2.38. The fourth-order valence-electron chi connectivity index (χ4n) is 3.79. The highest BCUT2D eigenvalue weighted by molar-refractivity contribution is 7.89. The van der Waals surface area contributed by atoms with Gasteiger partial charge in [0, 0.05) is 32.2 Å². The molecule has 0 aliphatic carbocycles. The van der Waals surface area contributed by atoms with Crippen molar-refractivity contribution >= 4 is 10.0 Å². The summed E-state index contributed by atoms with van der Waals surface area (Å²) < 4.78 is 26.0. The minimum Gasteiger partial charge on any atom is -0.296 e. The first-order valence-corrected chi connectivity index (χ1v) is 11.5. The second kappa shape index (κ2) is 9.49. The van der Waals surface area contributed by atoms with E-state index >= 15 is 0 Å². The molecule has 0 bridgehead atoms. The Labute approximate surface area is 163 Å². The van der Waals surface area contributed by atoms with Crippen molar-refractivity contribution in [2.24, 2.45) is 0 Å². The first kappa shape index (κ1) is 20.1. The highest BCUT2D eigenvalue weighted by Crippen LogP contribution is 2.21. The molecule has 2 aromatic rings. The Morgan fingerprint density at radius 2 is 1.48 bits per heavy atom. The smallest absolute Gasteiger partial charge is 0.213 e. The number of nitrogens with zero attached hydrogens (tertiary/aromatic N) is 2. The molecular formula is C22H30N2O2S. The van der Waals surface area contributed by atoms with Crippen LogP contribution >= 0.6 is 0 Å². The number of benzene rings is 2. The first-order chi connectivity index (χ1) is 13.1. The zero-order valence-electron chi connectivity index (χ0n) is 16.1. The molecule has 4 nitrogen and oxygen atoms in total. The van der Waals surface area contributed by atoms with E-state index in [0.29, 0.717) is 19.1 Å². The Hall–Kier alpha value is -1.69. The summed E-state index contributed by atoms with van der Waals surface area (Å²) in [6.07, 6.45) is 2.82. The average Bonchev–Trinajstić information content (AvgIpc) is 2.73. The molecule has 0 aromatic heterocycles.